The number of imidazole rings is 1. The van der Waals surface area contributed by atoms with Gasteiger partial charge in [-0.2, -0.15) is 0 Å². The molecule has 8 heteroatoms. The van der Waals surface area contributed by atoms with Gasteiger partial charge < -0.3 is 14.0 Å². The second-order valence-corrected chi connectivity index (χ2v) is 10.0. The summed E-state index contributed by atoms with van der Waals surface area (Å²) in [6, 6.07) is 11.5. The Hall–Kier alpha value is -3.03. The zero-order valence-corrected chi connectivity index (χ0v) is 19.8. The van der Waals surface area contributed by atoms with Gasteiger partial charge >= 0.3 is 12.3 Å². The highest BCUT2D eigenvalue weighted by molar-refractivity contribution is 5.93. The number of aromatic nitrogens is 2. The van der Waals surface area contributed by atoms with Crippen molar-refractivity contribution in [2.45, 2.75) is 58.9 Å². The van der Waals surface area contributed by atoms with Crippen molar-refractivity contribution in [1.29, 1.82) is 0 Å². The van der Waals surface area contributed by atoms with Gasteiger partial charge in [0.1, 0.15) is 11.6 Å². The molecule has 1 aliphatic rings. The van der Waals surface area contributed by atoms with Gasteiger partial charge in [0.25, 0.3) is 0 Å². The number of nitrogens with zero attached hydrogens (tertiary/aromatic N) is 2. The Morgan fingerprint density at radius 3 is 2.62 bits per heavy atom. The van der Waals surface area contributed by atoms with Crippen LogP contribution in [0, 0.1) is 11.3 Å². The summed E-state index contributed by atoms with van der Waals surface area (Å²) in [5, 5.41) is 0. The molecule has 2 aromatic carbocycles. The summed E-state index contributed by atoms with van der Waals surface area (Å²) < 4.78 is 49.3. The molecular weight excluding hydrogens is 445 g/mol. The van der Waals surface area contributed by atoms with Crippen molar-refractivity contribution in [3.8, 4) is 5.75 Å². The van der Waals surface area contributed by atoms with E-state index in [1.54, 1.807) is 24.3 Å². The average molecular weight is 475 g/mol. The third kappa shape index (κ3) is 5.37. The van der Waals surface area contributed by atoms with E-state index in [2.05, 4.69) is 30.1 Å². The Bertz CT molecular complexity index is 1200. The maximum atomic E-state index is 12.7. The van der Waals surface area contributed by atoms with Crippen LogP contribution in [0.1, 0.15) is 67.8 Å². The van der Waals surface area contributed by atoms with Crippen molar-refractivity contribution in [1.82, 2.24) is 9.55 Å². The minimum Gasteiger partial charge on any atom is -0.465 e. The van der Waals surface area contributed by atoms with E-state index in [0.717, 1.165) is 30.6 Å². The predicted molar refractivity (Wildman–Crippen MR) is 123 cm³/mol. The first kappa shape index (κ1) is 24.1. The van der Waals surface area contributed by atoms with Gasteiger partial charge in [-0.1, -0.05) is 32.9 Å². The summed E-state index contributed by atoms with van der Waals surface area (Å²) in [4.78, 5) is 16.9. The molecule has 5 nitrogen and oxygen atoms in total. The first-order valence-corrected chi connectivity index (χ1v) is 11.4. The van der Waals surface area contributed by atoms with Crippen LogP contribution in [0.3, 0.4) is 0 Å². The predicted octanol–water partition coefficient (Wildman–Crippen LogP) is 6.70. The number of methoxy groups -OCH3 is 1. The quantitative estimate of drug-likeness (QED) is 0.386. The second-order valence-electron chi connectivity index (χ2n) is 10.0. The Morgan fingerprint density at radius 1 is 1.18 bits per heavy atom. The molecule has 1 fully saturated rings. The topological polar surface area (TPSA) is 53.4 Å². The molecule has 1 heterocycles. The number of carbonyl (C=O) groups is 1. The van der Waals surface area contributed by atoms with Gasteiger partial charge in [-0.15, -0.1) is 13.2 Å². The summed E-state index contributed by atoms with van der Waals surface area (Å²) in [6.45, 7) is 6.78. The molecule has 2 atom stereocenters. The van der Waals surface area contributed by atoms with E-state index in [-0.39, 0.29) is 17.2 Å². The van der Waals surface area contributed by atoms with Gasteiger partial charge in [0, 0.05) is 12.5 Å². The van der Waals surface area contributed by atoms with Crippen LogP contribution in [-0.4, -0.2) is 29.0 Å². The van der Waals surface area contributed by atoms with Crippen LogP contribution < -0.4 is 4.74 Å². The highest BCUT2D eigenvalue weighted by atomic mass is 19.4. The van der Waals surface area contributed by atoms with Crippen molar-refractivity contribution in [2.24, 2.45) is 11.3 Å². The molecule has 0 bridgehead atoms. The molecule has 1 saturated carbocycles. The minimum absolute atomic E-state index is 0.155. The zero-order valence-electron chi connectivity index (χ0n) is 19.8. The highest BCUT2D eigenvalue weighted by Gasteiger charge is 2.35. The SMILES string of the molecule is COC(=O)c1ccc2c(c1)nc(Cc1cccc(OC(F)(F)F)c1)n2C1CC(C)CC(C)(C)C1. The van der Waals surface area contributed by atoms with Crippen LogP contribution in [-0.2, 0) is 11.2 Å². The lowest BCUT2D eigenvalue weighted by atomic mass is 9.70. The number of hydrogen-bond acceptors (Lipinski definition) is 4. The van der Waals surface area contributed by atoms with E-state index in [1.165, 1.54) is 19.2 Å². The van der Waals surface area contributed by atoms with Crippen LogP contribution in [0.25, 0.3) is 11.0 Å². The van der Waals surface area contributed by atoms with Crippen molar-refractivity contribution in [3.63, 3.8) is 0 Å². The first-order valence-electron chi connectivity index (χ1n) is 11.4. The fourth-order valence-electron chi connectivity index (χ4n) is 5.45. The van der Waals surface area contributed by atoms with Gasteiger partial charge in [-0.3, -0.25) is 0 Å². The zero-order chi connectivity index (χ0) is 24.7. The van der Waals surface area contributed by atoms with Crippen molar-refractivity contribution < 1.29 is 27.4 Å². The number of halogens is 3. The number of hydrogen-bond donors (Lipinski definition) is 0. The second kappa shape index (κ2) is 8.96. The fourth-order valence-corrected chi connectivity index (χ4v) is 5.45. The lowest BCUT2D eigenvalue weighted by Gasteiger charge is -2.40. The lowest BCUT2D eigenvalue weighted by Crippen LogP contribution is -2.30. The van der Waals surface area contributed by atoms with Crippen LogP contribution in [0.4, 0.5) is 13.2 Å². The normalized spacial score (nSPS) is 20.3. The van der Waals surface area contributed by atoms with Crippen molar-refractivity contribution in [2.75, 3.05) is 7.11 Å². The average Bonchev–Trinajstić information content (AvgIpc) is 3.07. The van der Waals surface area contributed by atoms with Gasteiger partial charge in [0.2, 0.25) is 0 Å². The molecule has 0 N–H and O–H groups in total. The largest absolute Gasteiger partial charge is 0.573 e. The first-order chi connectivity index (χ1) is 15.9. The number of carbonyl (C=O) groups excluding carboxylic acids is 1. The van der Waals surface area contributed by atoms with Gasteiger partial charge in [0.15, 0.2) is 0 Å². The van der Waals surface area contributed by atoms with Crippen molar-refractivity contribution >= 4 is 17.0 Å². The third-order valence-corrected chi connectivity index (χ3v) is 6.41. The highest BCUT2D eigenvalue weighted by Crippen LogP contribution is 2.45. The van der Waals surface area contributed by atoms with Gasteiger partial charge in [-0.05, 0) is 66.5 Å². The Balaban J connectivity index is 1.78. The summed E-state index contributed by atoms with van der Waals surface area (Å²) >= 11 is 0. The smallest absolute Gasteiger partial charge is 0.465 e. The van der Waals surface area contributed by atoms with Crippen LogP contribution in [0.2, 0.25) is 0 Å². The number of ether oxygens (including phenoxy) is 2. The van der Waals surface area contributed by atoms with E-state index in [4.69, 9.17) is 9.72 Å². The maximum absolute atomic E-state index is 12.7. The van der Waals surface area contributed by atoms with Crippen LogP contribution in [0.5, 0.6) is 5.75 Å². The number of benzene rings is 2. The lowest BCUT2D eigenvalue weighted by molar-refractivity contribution is -0.274. The Morgan fingerprint density at radius 2 is 1.94 bits per heavy atom. The Labute approximate surface area is 196 Å². The minimum atomic E-state index is -4.75. The van der Waals surface area contributed by atoms with E-state index in [1.807, 2.05) is 6.07 Å². The number of alkyl halides is 3. The molecule has 2 unspecified atom stereocenters. The molecule has 0 radical (unpaired) electrons. The van der Waals surface area contributed by atoms with Gasteiger partial charge in [-0.25, -0.2) is 9.78 Å². The third-order valence-electron chi connectivity index (χ3n) is 6.41. The molecule has 4 rings (SSSR count). The maximum Gasteiger partial charge on any atom is 0.573 e. The van der Waals surface area contributed by atoms with Crippen LogP contribution in [0.15, 0.2) is 42.5 Å². The van der Waals surface area contributed by atoms with Crippen molar-refractivity contribution in [3.05, 3.63) is 59.4 Å². The molecule has 3 aromatic rings. The summed E-state index contributed by atoms with van der Waals surface area (Å²) in [6.07, 6.45) is -1.33. The standard InChI is InChI=1S/C26H29F3N2O3/c1-16-10-19(15-25(2,3)14-16)31-22-9-8-18(24(32)33-4)13-21(22)30-23(31)12-17-6-5-7-20(11-17)34-26(27,28)29/h5-9,11,13,16,19H,10,12,14-15H2,1-4H3. The molecule has 34 heavy (non-hydrogen) atoms. The molecule has 0 aliphatic heterocycles. The molecule has 182 valence electrons. The molecule has 1 aliphatic carbocycles. The molecular formula is C26H29F3N2O3. The summed E-state index contributed by atoms with van der Waals surface area (Å²) in [5.74, 6) is 0.573. The summed E-state index contributed by atoms with van der Waals surface area (Å²) in [7, 11) is 1.33. The van der Waals surface area contributed by atoms with Crippen LogP contribution >= 0.6 is 0 Å². The fraction of sp³-hybridized carbons (Fsp3) is 0.462. The number of rotatable bonds is 5. The summed E-state index contributed by atoms with van der Waals surface area (Å²) in [5.41, 5.74) is 2.79. The number of fused-ring (bicyclic) bond motifs is 1. The van der Waals surface area contributed by atoms with E-state index in [9.17, 15) is 18.0 Å². The monoisotopic (exact) mass is 474 g/mol. The number of esters is 1. The molecule has 0 spiro atoms. The molecule has 0 saturated heterocycles. The van der Waals surface area contributed by atoms with Gasteiger partial charge in [0.05, 0.1) is 23.7 Å². The van der Waals surface area contributed by atoms with E-state index >= 15 is 0 Å². The molecule has 1 aromatic heterocycles. The Kier molecular flexibility index (Phi) is 6.36. The van der Waals surface area contributed by atoms with E-state index < -0.39 is 12.3 Å². The molecule has 0 amide bonds. The van der Waals surface area contributed by atoms with E-state index in [0.29, 0.717) is 29.0 Å².